The second-order valence-corrected chi connectivity index (χ2v) is 7.41. The van der Waals surface area contributed by atoms with E-state index in [0.29, 0.717) is 11.4 Å². The Morgan fingerprint density at radius 3 is 2.80 bits per heavy atom. The predicted octanol–water partition coefficient (Wildman–Crippen LogP) is 1.84. The van der Waals surface area contributed by atoms with E-state index in [0.717, 1.165) is 4.88 Å². The third-order valence-corrected chi connectivity index (χ3v) is 5.98. The van der Waals surface area contributed by atoms with Gasteiger partial charge in [0.05, 0.1) is 16.5 Å². The van der Waals surface area contributed by atoms with E-state index in [4.69, 9.17) is 17.3 Å². The summed E-state index contributed by atoms with van der Waals surface area (Å²) in [5.41, 5.74) is 6.03. The molecule has 0 aromatic carbocycles. The number of hydrogen-bond acceptors (Lipinski definition) is 4. The number of halogens is 1. The summed E-state index contributed by atoms with van der Waals surface area (Å²) in [5, 5.41) is 2.53. The molecule has 6 heteroatoms. The fourth-order valence-electron chi connectivity index (χ4n) is 1.86. The molecule has 1 aliphatic heterocycles. The third-order valence-electron chi connectivity index (χ3n) is 2.72. The molecule has 1 saturated heterocycles. The van der Waals surface area contributed by atoms with Crippen LogP contribution < -0.4 is 5.73 Å². The van der Waals surface area contributed by atoms with Gasteiger partial charge in [-0.05, 0) is 23.8 Å². The van der Waals surface area contributed by atoms with Crippen LogP contribution in [0.4, 0.5) is 0 Å². The average Bonchev–Trinajstić information content (AvgIpc) is 2.71. The molecule has 0 amide bonds. The van der Waals surface area contributed by atoms with Gasteiger partial charge in [-0.15, -0.1) is 11.3 Å². The van der Waals surface area contributed by atoms with Crippen LogP contribution in [0.5, 0.6) is 0 Å². The molecular formula is C9H12ClNO2S2. The van der Waals surface area contributed by atoms with Crippen LogP contribution in [0.3, 0.4) is 0 Å². The summed E-state index contributed by atoms with van der Waals surface area (Å²) in [7, 11) is -2.86. The van der Waals surface area contributed by atoms with Crippen molar-refractivity contribution in [1.29, 1.82) is 0 Å². The molecule has 1 fully saturated rings. The molecular weight excluding hydrogens is 254 g/mol. The molecule has 1 aromatic heterocycles. The number of nitrogens with two attached hydrogens (primary N) is 1. The molecule has 0 bridgehead atoms. The number of hydrogen-bond donors (Lipinski definition) is 1. The zero-order valence-electron chi connectivity index (χ0n) is 8.02. The quantitative estimate of drug-likeness (QED) is 0.888. The van der Waals surface area contributed by atoms with Gasteiger partial charge in [-0.25, -0.2) is 8.42 Å². The van der Waals surface area contributed by atoms with Crippen molar-refractivity contribution < 1.29 is 8.42 Å². The minimum absolute atomic E-state index is 0.0196. The van der Waals surface area contributed by atoms with E-state index in [1.807, 2.05) is 5.38 Å². The summed E-state index contributed by atoms with van der Waals surface area (Å²) in [6, 6.07) is 1.56. The van der Waals surface area contributed by atoms with Gasteiger partial charge < -0.3 is 5.73 Å². The molecule has 3 nitrogen and oxygen atoms in total. The highest BCUT2D eigenvalue weighted by molar-refractivity contribution is 7.91. The van der Waals surface area contributed by atoms with Gasteiger partial charge in [0.2, 0.25) is 0 Å². The Labute approximate surface area is 98.2 Å². The first kappa shape index (κ1) is 11.4. The molecule has 2 rings (SSSR count). The lowest BCUT2D eigenvalue weighted by molar-refractivity contribution is 0.486. The summed E-state index contributed by atoms with van der Waals surface area (Å²) in [6.45, 7) is 0. The summed E-state index contributed by atoms with van der Waals surface area (Å²) >= 11 is 7.46. The van der Waals surface area contributed by atoms with Crippen LogP contribution in [0, 0.1) is 5.92 Å². The van der Waals surface area contributed by atoms with Crippen molar-refractivity contribution in [3.8, 4) is 0 Å². The van der Waals surface area contributed by atoms with Gasteiger partial charge in [-0.3, -0.25) is 0 Å². The topological polar surface area (TPSA) is 60.2 Å². The van der Waals surface area contributed by atoms with E-state index in [1.54, 1.807) is 6.07 Å². The number of thiophene rings is 1. The number of rotatable bonds is 2. The maximum absolute atomic E-state index is 11.3. The Kier molecular flexibility index (Phi) is 3.07. The van der Waals surface area contributed by atoms with Gasteiger partial charge in [0, 0.05) is 10.9 Å². The Morgan fingerprint density at radius 1 is 1.60 bits per heavy atom. The molecule has 2 heterocycles. The fraction of sp³-hybridized carbons (Fsp3) is 0.556. The molecule has 15 heavy (non-hydrogen) atoms. The summed E-state index contributed by atoms with van der Waals surface area (Å²) < 4.78 is 22.6. The van der Waals surface area contributed by atoms with Crippen molar-refractivity contribution in [1.82, 2.24) is 0 Å². The first-order valence-electron chi connectivity index (χ1n) is 4.68. The third kappa shape index (κ3) is 2.36. The van der Waals surface area contributed by atoms with Gasteiger partial charge in [0.1, 0.15) is 0 Å². The molecule has 2 N–H and O–H groups in total. The summed E-state index contributed by atoms with van der Waals surface area (Å²) in [4.78, 5) is 0.902. The zero-order valence-corrected chi connectivity index (χ0v) is 10.4. The Bertz CT molecular complexity index is 454. The van der Waals surface area contributed by atoms with E-state index in [-0.39, 0.29) is 23.5 Å². The van der Waals surface area contributed by atoms with Gasteiger partial charge in [-0.2, -0.15) is 0 Å². The highest BCUT2D eigenvalue weighted by Crippen LogP contribution is 2.35. The molecule has 0 spiro atoms. The Balaban J connectivity index is 2.17. The van der Waals surface area contributed by atoms with Gasteiger partial charge in [0.15, 0.2) is 9.84 Å². The van der Waals surface area contributed by atoms with Crippen LogP contribution in [0.2, 0.25) is 5.02 Å². The molecule has 0 saturated carbocycles. The lowest BCUT2D eigenvalue weighted by Gasteiger charge is -2.16. The first-order valence-corrected chi connectivity index (χ1v) is 7.76. The largest absolute Gasteiger partial charge is 0.323 e. The van der Waals surface area contributed by atoms with Crippen molar-refractivity contribution in [3.05, 3.63) is 21.3 Å². The fourth-order valence-corrected chi connectivity index (χ4v) is 5.00. The van der Waals surface area contributed by atoms with Gasteiger partial charge in [-0.1, -0.05) is 11.6 Å². The highest BCUT2D eigenvalue weighted by atomic mass is 35.5. The molecule has 1 aromatic rings. The molecule has 0 aliphatic carbocycles. The zero-order chi connectivity index (χ0) is 11.1. The molecule has 1 aliphatic rings. The lowest BCUT2D eigenvalue weighted by atomic mass is 9.99. The van der Waals surface area contributed by atoms with Gasteiger partial charge in [0.25, 0.3) is 0 Å². The van der Waals surface area contributed by atoms with E-state index in [2.05, 4.69) is 0 Å². The second kappa shape index (κ2) is 4.05. The maximum atomic E-state index is 11.3. The highest BCUT2D eigenvalue weighted by Gasteiger charge is 2.33. The van der Waals surface area contributed by atoms with Crippen LogP contribution in [-0.2, 0) is 9.84 Å². The van der Waals surface area contributed by atoms with Crippen molar-refractivity contribution in [3.63, 3.8) is 0 Å². The van der Waals surface area contributed by atoms with Crippen molar-refractivity contribution >= 4 is 32.8 Å². The Morgan fingerprint density at radius 2 is 2.33 bits per heavy atom. The molecule has 0 radical (unpaired) electrons. The van der Waals surface area contributed by atoms with E-state index in [1.165, 1.54) is 11.3 Å². The van der Waals surface area contributed by atoms with E-state index < -0.39 is 9.84 Å². The second-order valence-electron chi connectivity index (χ2n) is 3.82. The van der Waals surface area contributed by atoms with Crippen LogP contribution in [0.1, 0.15) is 17.3 Å². The normalized spacial score (nSPS) is 26.7. The summed E-state index contributed by atoms with van der Waals surface area (Å²) in [6.07, 6.45) is 0.651. The minimum Gasteiger partial charge on any atom is -0.323 e. The molecule has 2 unspecified atom stereocenters. The molecule has 2 atom stereocenters. The monoisotopic (exact) mass is 265 g/mol. The van der Waals surface area contributed by atoms with Gasteiger partial charge >= 0.3 is 0 Å². The predicted molar refractivity (Wildman–Crippen MR) is 63.0 cm³/mol. The van der Waals surface area contributed by atoms with Crippen LogP contribution >= 0.6 is 22.9 Å². The molecule has 84 valence electrons. The number of sulfone groups is 1. The maximum Gasteiger partial charge on any atom is 0.150 e. The van der Waals surface area contributed by atoms with Crippen molar-refractivity contribution in [2.24, 2.45) is 11.7 Å². The average molecular weight is 266 g/mol. The van der Waals surface area contributed by atoms with Crippen molar-refractivity contribution in [2.75, 3.05) is 11.5 Å². The van der Waals surface area contributed by atoms with Crippen LogP contribution in [0.25, 0.3) is 0 Å². The smallest absolute Gasteiger partial charge is 0.150 e. The van der Waals surface area contributed by atoms with Crippen LogP contribution in [-0.4, -0.2) is 19.9 Å². The SMILES string of the molecule is NC(c1sccc1Cl)C1CCS(=O)(=O)C1. The standard InChI is InChI=1S/C9H12ClNO2S2/c10-7-1-3-14-9(7)8(11)6-2-4-15(12,13)5-6/h1,3,6,8H,2,4-5,11H2. The van der Waals surface area contributed by atoms with E-state index in [9.17, 15) is 8.42 Å². The summed E-state index contributed by atoms with van der Waals surface area (Å²) in [5.74, 6) is 0.475. The van der Waals surface area contributed by atoms with E-state index >= 15 is 0 Å². The van der Waals surface area contributed by atoms with Crippen LogP contribution in [0.15, 0.2) is 11.4 Å². The minimum atomic E-state index is -2.86. The first-order chi connectivity index (χ1) is 6.99. The lowest BCUT2D eigenvalue weighted by Crippen LogP contribution is -2.21. The Hall–Kier alpha value is -0.100. The van der Waals surface area contributed by atoms with Crippen molar-refractivity contribution in [2.45, 2.75) is 12.5 Å².